The number of hydrogen-bond acceptors (Lipinski definition) is 1. The first-order valence-electron chi connectivity index (χ1n) is 7.39. The van der Waals surface area contributed by atoms with Gasteiger partial charge in [0.25, 0.3) is 0 Å². The van der Waals surface area contributed by atoms with E-state index in [4.69, 9.17) is 0 Å². The van der Waals surface area contributed by atoms with E-state index in [1.165, 1.54) is 25.7 Å². The van der Waals surface area contributed by atoms with Crippen molar-refractivity contribution in [3.05, 3.63) is 0 Å². The minimum atomic E-state index is -0.335. The Bertz CT molecular complexity index is 217. The van der Waals surface area contributed by atoms with Crippen LogP contribution in [0.15, 0.2) is 0 Å². The zero-order chi connectivity index (χ0) is 11.6. The molecule has 0 spiro atoms. The van der Waals surface area contributed by atoms with Gasteiger partial charge in [0, 0.05) is 0 Å². The van der Waals surface area contributed by atoms with Gasteiger partial charge in [-0.3, -0.25) is 0 Å². The highest BCUT2D eigenvalue weighted by molar-refractivity contribution is 4.93. The fourth-order valence-corrected chi connectivity index (χ4v) is 4.37. The average Bonchev–Trinajstić information content (AvgIpc) is 2.79. The van der Waals surface area contributed by atoms with Crippen LogP contribution in [0.1, 0.15) is 71.6 Å². The maximum Gasteiger partial charge on any atom is 0.0650 e. The van der Waals surface area contributed by atoms with Crippen LogP contribution in [0.4, 0.5) is 0 Å². The Balaban J connectivity index is 1.90. The molecule has 94 valence electrons. The lowest BCUT2D eigenvalue weighted by Crippen LogP contribution is -2.32. The van der Waals surface area contributed by atoms with Crippen LogP contribution in [0.3, 0.4) is 0 Å². The fraction of sp³-hybridized carbons (Fsp3) is 1.00. The minimum absolute atomic E-state index is 0.335. The van der Waals surface area contributed by atoms with E-state index in [0.717, 1.165) is 49.9 Å². The zero-order valence-corrected chi connectivity index (χ0v) is 11.0. The van der Waals surface area contributed by atoms with Crippen molar-refractivity contribution in [2.24, 2.45) is 17.8 Å². The van der Waals surface area contributed by atoms with Crippen molar-refractivity contribution >= 4 is 0 Å². The lowest BCUT2D eigenvalue weighted by atomic mass is 9.77. The molecule has 0 saturated heterocycles. The minimum Gasteiger partial charge on any atom is -0.390 e. The lowest BCUT2D eigenvalue weighted by Gasteiger charge is -2.33. The molecule has 1 heteroatoms. The Labute approximate surface area is 101 Å². The third-order valence-electron chi connectivity index (χ3n) is 4.96. The first-order chi connectivity index (χ1) is 7.67. The van der Waals surface area contributed by atoms with Gasteiger partial charge in [0.1, 0.15) is 0 Å². The molecule has 2 aliphatic rings. The first-order valence-corrected chi connectivity index (χ1v) is 7.39. The molecule has 0 heterocycles. The van der Waals surface area contributed by atoms with Crippen molar-refractivity contribution < 1.29 is 5.11 Å². The molecular weight excluding hydrogens is 196 g/mol. The van der Waals surface area contributed by atoms with Crippen molar-refractivity contribution in [2.45, 2.75) is 77.2 Å². The summed E-state index contributed by atoms with van der Waals surface area (Å²) in [5.74, 6) is 2.83. The summed E-state index contributed by atoms with van der Waals surface area (Å²) in [6.07, 6.45) is 11.2. The third-order valence-corrected chi connectivity index (χ3v) is 4.96. The van der Waals surface area contributed by atoms with E-state index < -0.39 is 0 Å². The van der Waals surface area contributed by atoms with Crippen LogP contribution in [0.5, 0.6) is 0 Å². The Hall–Kier alpha value is -0.0400. The van der Waals surface area contributed by atoms with Gasteiger partial charge in [-0.25, -0.2) is 0 Å². The normalized spacial score (nSPS) is 33.6. The fourth-order valence-electron chi connectivity index (χ4n) is 4.37. The van der Waals surface area contributed by atoms with Crippen molar-refractivity contribution in [3.8, 4) is 0 Å². The number of aliphatic hydroxyl groups is 1. The quantitative estimate of drug-likeness (QED) is 0.719. The summed E-state index contributed by atoms with van der Waals surface area (Å²) in [7, 11) is 0. The number of rotatable bonds is 6. The molecule has 2 bridgehead atoms. The molecule has 2 aliphatic carbocycles. The van der Waals surface area contributed by atoms with Crippen molar-refractivity contribution in [1.82, 2.24) is 0 Å². The maximum atomic E-state index is 10.7. The van der Waals surface area contributed by atoms with Gasteiger partial charge in [-0.05, 0) is 56.3 Å². The molecule has 3 atom stereocenters. The largest absolute Gasteiger partial charge is 0.390 e. The van der Waals surface area contributed by atoms with Crippen LogP contribution >= 0.6 is 0 Å². The molecule has 3 unspecified atom stereocenters. The van der Waals surface area contributed by atoms with Gasteiger partial charge in [0.15, 0.2) is 0 Å². The van der Waals surface area contributed by atoms with Crippen LogP contribution in [0.2, 0.25) is 0 Å². The second kappa shape index (κ2) is 5.08. The zero-order valence-electron chi connectivity index (χ0n) is 11.0. The second-order valence-electron chi connectivity index (χ2n) is 6.36. The average molecular weight is 224 g/mol. The van der Waals surface area contributed by atoms with E-state index in [1.54, 1.807) is 0 Å². The van der Waals surface area contributed by atoms with E-state index >= 15 is 0 Å². The highest BCUT2D eigenvalue weighted by Crippen LogP contribution is 2.51. The summed E-state index contributed by atoms with van der Waals surface area (Å²) in [6, 6.07) is 0. The van der Waals surface area contributed by atoms with Gasteiger partial charge in [0.2, 0.25) is 0 Å². The first kappa shape index (κ1) is 12.4. The van der Waals surface area contributed by atoms with Gasteiger partial charge >= 0.3 is 0 Å². The standard InChI is InChI=1S/C15H28O/c1-3-7-15(16,8-4-2)11-14-10-12-5-6-13(14)9-12/h12-14,16H,3-11H2,1-2H3. The maximum absolute atomic E-state index is 10.7. The molecule has 1 nitrogen and oxygen atoms in total. The molecule has 2 rings (SSSR count). The molecule has 0 aliphatic heterocycles. The predicted molar refractivity (Wildman–Crippen MR) is 68.3 cm³/mol. The van der Waals surface area contributed by atoms with Crippen LogP contribution in [0.25, 0.3) is 0 Å². The summed E-state index contributed by atoms with van der Waals surface area (Å²) in [5, 5.41) is 10.7. The Morgan fingerprint density at radius 1 is 1.06 bits per heavy atom. The Kier molecular flexibility index (Phi) is 3.94. The summed E-state index contributed by atoms with van der Waals surface area (Å²) in [6.45, 7) is 4.39. The van der Waals surface area contributed by atoms with Gasteiger partial charge < -0.3 is 5.11 Å². The Morgan fingerprint density at radius 2 is 1.75 bits per heavy atom. The van der Waals surface area contributed by atoms with Crippen LogP contribution in [-0.2, 0) is 0 Å². The monoisotopic (exact) mass is 224 g/mol. The lowest BCUT2D eigenvalue weighted by molar-refractivity contribution is -0.00950. The van der Waals surface area contributed by atoms with Gasteiger partial charge in [-0.15, -0.1) is 0 Å². The molecule has 0 aromatic heterocycles. The van der Waals surface area contributed by atoms with Gasteiger partial charge in [0.05, 0.1) is 5.60 Å². The van der Waals surface area contributed by atoms with E-state index in [0.29, 0.717) is 0 Å². The predicted octanol–water partition coefficient (Wildman–Crippen LogP) is 4.14. The summed E-state index contributed by atoms with van der Waals surface area (Å²) in [4.78, 5) is 0. The van der Waals surface area contributed by atoms with Crippen molar-refractivity contribution in [3.63, 3.8) is 0 Å². The number of hydrogen-bond donors (Lipinski definition) is 1. The van der Waals surface area contributed by atoms with Crippen LogP contribution < -0.4 is 0 Å². The molecular formula is C15H28O. The molecule has 0 aromatic rings. The summed E-state index contributed by atoms with van der Waals surface area (Å²) >= 11 is 0. The summed E-state index contributed by atoms with van der Waals surface area (Å²) in [5.41, 5.74) is -0.335. The van der Waals surface area contributed by atoms with E-state index in [1.807, 2.05) is 0 Å². The van der Waals surface area contributed by atoms with Crippen LogP contribution in [-0.4, -0.2) is 10.7 Å². The topological polar surface area (TPSA) is 20.2 Å². The van der Waals surface area contributed by atoms with E-state index in [-0.39, 0.29) is 5.60 Å². The number of fused-ring (bicyclic) bond motifs is 2. The summed E-state index contributed by atoms with van der Waals surface area (Å²) < 4.78 is 0. The molecule has 0 radical (unpaired) electrons. The molecule has 2 fully saturated rings. The van der Waals surface area contributed by atoms with Crippen molar-refractivity contribution in [1.29, 1.82) is 0 Å². The SMILES string of the molecule is CCCC(O)(CCC)CC1CC2CCC1C2. The smallest absolute Gasteiger partial charge is 0.0650 e. The van der Waals surface area contributed by atoms with E-state index in [9.17, 15) is 5.11 Å². The highest BCUT2D eigenvalue weighted by Gasteiger charge is 2.42. The molecule has 16 heavy (non-hydrogen) atoms. The third kappa shape index (κ3) is 2.61. The van der Waals surface area contributed by atoms with Gasteiger partial charge in [-0.2, -0.15) is 0 Å². The second-order valence-corrected chi connectivity index (χ2v) is 6.36. The Morgan fingerprint density at radius 3 is 2.19 bits per heavy atom. The van der Waals surface area contributed by atoms with Crippen molar-refractivity contribution in [2.75, 3.05) is 0 Å². The van der Waals surface area contributed by atoms with Crippen LogP contribution in [0, 0.1) is 17.8 Å². The molecule has 2 saturated carbocycles. The molecule has 0 amide bonds. The highest BCUT2D eigenvalue weighted by atomic mass is 16.3. The molecule has 1 N–H and O–H groups in total. The van der Waals surface area contributed by atoms with Gasteiger partial charge in [-0.1, -0.05) is 33.1 Å². The van der Waals surface area contributed by atoms with E-state index in [2.05, 4.69) is 13.8 Å². The molecule has 0 aromatic carbocycles.